The lowest BCUT2D eigenvalue weighted by atomic mass is 9.88. The number of aryl methyl sites for hydroxylation is 1. The number of aliphatic imine (C=N–C) groups is 1. The molecule has 1 aromatic heterocycles. The maximum atomic E-state index is 14.6. The van der Waals surface area contributed by atoms with Crippen molar-refractivity contribution >= 4 is 23.6 Å². The number of rotatable bonds is 7. The van der Waals surface area contributed by atoms with Crippen LogP contribution in [0.2, 0.25) is 0 Å². The fraction of sp³-hybridized carbons (Fsp3) is 0.440. The number of nitrogens with zero attached hydrogens (tertiary/aromatic N) is 4. The molecule has 3 rings (SSSR count). The average molecular weight is 541 g/mol. The number of hydrogen-bond acceptors (Lipinski definition) is 7. The summed E-state index contributed by atoms with van der Waals surface area (Å²) in [7, 11) is 2.53. The summed E-state index contributed by atoms with van der Waals surface area (Å²) in [6, 6.07) is 6.33. The first-order valence-corrected chi connectivity index (χ1v) is 11.7. The van der Waals surface area contributed by atoms with Crippen LogP contribution in [0.5, 0.6) is 5.88 Å². The number of allylic oxidation sites excluding steroid dienone is 1. The number of halogens is 5. The number of ether oxygens (including phenoxy) is 1. The van der Waals surface area contributed by atoms with Gasteiger partial charge in [0.1, 0.15) is 11.3 Å². The van der Waals surface area contributed by atoms with Gasteiger partial charge in [0.2, 0.25) is 11.8 Å². The monoisotopic (exact) mass is 540 g/mol. The molecular formula is C25H29F5N6O2. The number of nitrogens with one attached hydrogen (secondary N) is 1. The van der Waals surface area contributed by atoms with E-state index in [4.69, 9.17) is 10.5 Å². The molecule has 8 nitrogen and oxygen atoms in total. The summed E-state index contributed by atoms with van der Waals surface area (Å²) in [6.45, 7) is 2.44. The fourth-order valence-corrected chi connectivity index (χ4v) is 4.31. The molecule has 13 heteroatoms. The molecule has 2 heterocycles. The van der Waals surface area contributed by atoms with Crippen molar-refractivity contribution in [2.24, 2.45) is 16.6 Å². The van der Waals surface area contributed by atoms with Gasteiger partial charge in [-0.3, -0.25) is 9.79 Å². The third-order valence-corrected chi connectivity index (χ3v) is 6.20. The van der Waals surface area contributed by atoms with Crippen molar-refractivity contribution in [3.63, 3.8) is 0 Å². The van der Waals surface area contributed by atoms with Gasteiger partial charge in [0.15, 0.2) is 0 Å². The first-order chi connectivity index (χ1) is 17.8. The normalized spacial score (nSPS) is 20.3. The highest BCUT2D eigenvalue weighted by atomic mass is 19.4. The largest absolute Gasteiger partial charge is 0.480 e. The van der Waals surface area contributed by atoms with Gasteiger partial charge in [-0.1, -0.05) is 36.8 Å². The van der Waals surface area contributed by atoms with E-state index < -0.39 is 54.4 Å². The number of aromatic nitrogens is 2. The van der Waals surface area contributed by atoms with Crippen LogP contribution in [0.3, 0.4) is 0 Å². The molecule has 1 aliphatic rings. The maximum Gasteiger partial charge on any atom is 0.423 e. The minimum Gasteiger partial charge on any atom is -0.480 e. The highest BCUT2D eigenvalue weighted by Gasteiger charge is 2.46. The zero-order valence-corrected chi connectivity index (χ0v) is 21.3. The van der Waals surface area contributed by atoms with Crippen molar-refractivity contribution in [3.05, 3.63) is 52.8 Å². The molecule has 206 valence electrons. The molecule has 0 spiro atoms. The van der Waals surface area contributed by atoms with Crippen LogP contribution in [0.15, 0.2) is 41.2 Å². The van der Waals surface area contributed by atoms with E-state index in [-0.39, 0.29) is 23.8 Å². The van der Waals surface area contributed by atoms with Crippen molar-refractivity contribution in [1.29, 1.82) is 0 Å². The van der Waals surface area contributed by atoms with Gasteiger partial charge in [-0.05, 0) is 18.4 Å². The molecule has 3 N–H and O–H groups in total. The molecule has 0 radical (unpaired) electrons. The second-order valence-corrected chi connectivity index (χ2v) is 9.11. The van der Waals surface area contributed by atoms with E-state index in [1.54, 1.807) is 19.1 Å². The average Bonchev–Trinajstić information content (AvgIpc) is 2.85. The van der Waals surface area contributed by atoms with Gasteiger partial charge in [-0.25, -0.2) is 13.8 Å². The summed E-state index contributed by atoms with van der Waals surface area (Å²) in [5.74, 6) is -5.58. The highest BCUT2D eigenvalue weighted by Crippen LogP contribution is 2.37. The summed E-state index contributed by atoms with van der Waals surface area (Å²) < 4.78 is 73.3. The van der Waals surface area contributed by atoms with E-state index >= 15 is 0 Å². The summed E-state index contributed by atoms with van der Waals surface area (Å²) in [5, 5.41) is 2.75. The number of benzene rings is 1. The van der Waals surface area contributed by atoms with E-state index in [1.807, 2.05) is 19.1 Å². The second kappa shape index (κ2) is 11.3. The molecule has 0 saturated carbocycles. The molecule has 2 atom stereocenters. The lowest BCUT2D eigenvalue weighted by Crippen LogP contribution is -2.58. The number of nitrogens with two attached hydrogens (primary N) is 1. The standard InChI is InChI=1S/C25H29F5N6O2/c1-14-5-7-16(8-6-14)17(10-32-3)20(31)22(37)36-13-24(26,27)9-15(2)19(36)12-34-23-33-11-18(25(28,29)30)21(35-23)38-4/h5-8,10-11,15,19H,9,12-13,31H2,1-4H3,(H,33,34,35). The number of methoxy groups -OCH3 is 1. The van der Waals surface area contributed by atoms with Crippen LogP contribution in [-0.2, 0) is 11.0 Å². The predicted molar refractivity (Wildman–Crippen MR) is 133 cm³/mol. The Morgan fingerprint density at radius 3 is 2.55 bits per heavy atom. The maximum absolute atomic E-state index is 14.6. The Morgan fingerprint density at radius 2 is 1.97 bits per heavy atom. The smallest absolute Gasteiger partial charge is 0.423 e. The van der Waals surface area contributed by atoms with E-state index in [0.29, 0.717) is 11.8 Å². The highest BCUT2D eigenvalue weighted by molar-refractivity contribution is 6.18. The molecule has 1 aromatic carbocycles. The fourth-order valence-electron chi connectivity index (χ4n) is 4.31. The molecule has 38 heavy (non-hydrogen) atoms. The van der Waals surface area contributed by atoms with Gasteiger partial charge >= 0.3 is 6.18 Å². The van der Waals surface area contributed by atoms with Crippen LogP contribution in [0, 0.1) is 12.8 Å². The van der Waals surface area contributed by atoms with E-state index in [0.717, 1.165) is 17.6 Å². The molecule has 0 bridgehead atoms. The lowest BCUT2D eigenvalue weighted by Gasteiger charge is -2.43. The molecule has 1 fully saturated rings. The van der Waals surface area contributed by atoms with Gasteiger partial charge in [-0.2, -0.15) is 18.2 Å². The Balaban J connectivity index is 1.93. The van der Waals surface area contributed by atoms with Crippen molar-refractivity contribution in [2.75, 3.05) is 32.6 Å². The number of carbonyl (C=O) groups is 1. The molecule has 1 amide bonds. The van der Waals surface area contributed by atoms with Crippen molar-refractivity contribution < 1.29 is 31.5 Å². The third kappa shape index (κ3) is 6.56. The SMILES string of the molecule is CN=CC(=C(N)C(=O)N1CC(F)(F)CC(C)C1CNc1ncc(C(F)(F)F)c(OC)n1)c1ccc(C)cc1. The van der Waals surface area contributed by atoms with Crippen LogP contribution in [-0.4, -0.2) is 66.2 Å². The van der Waals surface area contributed by atoms with Crippen LogP contribution >= 0.6 is 0 Å². The van der Waals surface area contributed by atoms with Gasteiger partial charge in [0, 0.05) is 38.0 Å². The number of alkyl halides is 5. The lowest BCUT2D eigenvalue weighted by molar-refractivity contribution is -0.148. The molecule has 2 unspecified atom stereocenters. The van der Waals surface area contributed by atoms with Crippen LogP contribution < -0.4 is 15.8 Å². The molecule has 0 aliphatic carbocycles. The van der Waals surface area contributed by atoms with Crippen molar-refractivity contribution in [3.8, 4) is 5.88 Å². The first-order valence-electron chi connectivity index (χ1n) is 11.7. The number of carbonyl (C=O) groups excluding carboxylic acids is 1. The van der Waals surface area contributed by atoms with Crippen LogP contribution in [0.4, 0.5) is 27.9 Å². The van der Waals surface area contributed by atoms with Crippen LogP contribution in [0.1, 0.15) is 30.0 Å². The van der Waals surface area contributed by atoms with E-state index in [9.17, 15) is 26.7 Å². The Kier molecular flexibility index (Phi) is 8.58. The number of anilines is 1. The zero-order valence-electron chi connectivity index (χ0n) is 21.3. The summed E-state index contributed by atoms with van der Waals surface area (Å²) in [6.07, 6.45) is -3.27. The van der Waals surface area contributed by atoms with Gasteiger partial charge in [-0.15, -0.1) is 0 Å². The van der Waals surface area contributed by atoms with Crippen molar-refractivity contribution in [1.82, 2.24) is 14.9 Å². The summed E-state index contributed by atoms with van der Waals surface area (Å²) >= 11 is 0. The number of likely N-dealkylation sites (tertiary alicyclic amines) is 1. The quantitative estimate of drug-likeness (QED) is 0.310. The molecule has 1 aliphatic heterocycles. The van der Waals surface area contributed by atoms with Gasteiger partial charge < -0.3 is 20.7 Å². The van der Waals surface area contributed by atoms with Gasteiger partial charge in [0.25, 0.3) is 11.8 Å². The Labute approximate surface area is 216 Å². The van der Waals surface area contributed by atoms with E-state index in [1.165, 1.54) is 13.3 Å². The summed E-state index contributed by atoms with van der Waals surface area (Å²) in [4.78, 5) is 25.9. The second-order valence-electron chi connectivity index (χ2n) is 9.11. The van der Waals surface area contributed by atoms with Gasteiger partial charge in [0.05, 0.1) is 19.7 Å². The Hall–Kier alpha value is -3.77. The zero-order chi connectivity index (χ0) is 28.3. The molecule has 2 aromatic rings. The minimum atomic E-state index is -4.72. The molecule has 1 saturated heterocycles. The number of piperidine rings is 1. The summed E-state index contributed by atoms with van der Waals surface area (Å²) in [5.41, 5.74) is 6.65. The molecular weight excluding hydrogens is 511 g/mol. The first kappa shape index (κ1) is 28.8. The topological polar surface area (TPSA) is 106 Å². The van der Waals surface area contributed by atoms with Crippen LogP contribution in [0.25, 0.3) is 5.57 Å². The number of hydrogen-bond donors (Lipinski definition) is 2. The Bertz CT molecular complexity index is 1210. The van der Waals surface area contributed by atoms with Crippen molar-refractivity contribution in [2.45, 2.75) is 38.4 Å². The van der Waals surface area contributed by atoms with E-state index in [2.05, 4.69) is 20.3 Å². The third-order valence-electron chi connectivity index (χ3n) is 6.20. The predicted octanol–water partition coefficient (Wildman–Crippen LogP) is 4.17. The number of amides is 1. The Morgan fingerprint density at radius 1 is 1.32 bits per heavy atom. The minimum absolute atomic E-state index is 0.119.